The summed E-state index contributed by atoms with van der Waals surface area (Å²) < 4.78 is 1.56. The van der Waals surface area contributed by atoms with E-state index >= 15 is 0 Å². The van der Waals surface area contributed by atoms with Crippen LogP contribution >= 0.6 is 46.3 Å². The number of rotatable bonds is 6. The van der Waals surface area contributed by atoms with Crippen LogP contribution in [0.3, 0.4) is 0 Å². The minimum absolute atomic E-state index is 0.0171. The Balaban J connectivity index is 1.54. The summed E-state index contributed by atoms with van der Waals surface area (Å²) in [5.41, 5.74) is 2.65. The second-order valence-electron chi connectivity index (χ2n) is 7.50. The number of hydrogen-bond donors (Lipinski definition) is 1. The quantitative estimate of drug-likeness (QED) is 0.184. The van der Waals surface area contributed by atoms with E-state index < -0.39 is 0 Å². The first-order valence-electron chi connectivity index (χ1n) is 10.5. The van der Waals surface area contributed by atoms with Gasteiger partial charge in [-0.15, -0.1) is 11.3 Å². The van der Waals surface area contributed by atoms with Crippen LogP contribution in [0.4, 0.5) is 5.69 Å². The van der Waals surface area contributed by atoms with Crippen LogP contribution in [-0.2, 0) is 4.79 Å². The highest BCUT2D eigenvalue weighted by Gasteiger charge is 2.19. The molecule has 2 heterocycles. The number of nitrogens with zero attached hydrogens (tertiary/aromatic N) is 2. The number of amides is 1. The average Bonchev–Trinajstić information content (AvgIpc) is 3.31. The van der Waals surface area contributed by atoms with E-state index in [4.69, 9.17) is 28.2 Å². The molecule has 9 heteroatoms. The minimum atomic E-state index is -0.310. The first-order valence-corrected chi connectivity index (χ1v) is 13.2. The molecule has 174 valence electrons. The van der Waals surface area contributed by atoms with Crippen LogP contribution in [0.15, 0.2) is 94.2 Å². The molecule has 2 aromatic heterocycles. The van der Waals surface area contributed by atoms with Crippen molar-refractivity contribution in [1.29, 1.82) is 0 Å². The normalized spacial score (nSPS) is 11.0. The first kappa shape index (κ1) is 23.6. The van der Waals surface area contributed by atoms with Gasteiger partial charge >= 0.3 is 0 Å². The smallest absolute Gasteiger partial charge is 0.268 e. The van der Waals surface area contributed by atoms with Crippen LogP contribution in [0.5, 0.6) is 0 Å². The van der Waals surface area contributed by atoms with E-state index in [0.717, 1.165) is 11.1 Å². The van der Waals surface area contributed by atoms with E-state index in [-0.39, 0.29) is 17.2 Å². The van der Waals surface area contributed by atoms with E-state index in [9.17, 15) is 9.59 Å². The van der Waals surface area contributed by atoms with Gasteiger partial charge in [-0.05, 0) is 29.8 Å². The molecule has 0 saturated carbocycles. The third kappa shape index (κ3) is 4.86. The van der Waals surface area contributed by atoms with Crippen LogP contribution in [-0.4, -0.2) is 21.2 Å². The summed E-state index contributed by atoms with van der Waals surface area (Å²) >= 11 is 14.9. The van der Waals surface area contributed by atoms with Crippen molar-refractivity contribution in [1.82, 2.24) is 9.55 Å². The molecule has 5 rings (SSSR count). The topological polar surface area (TPSA) is 64.0 Å². The van der Waals surface area contributed by atoms with Gasteiger partial charge in [0.15, 0.2) is 5.16 Å². The number of anilines is 1. The molecule has 0 saturated heterocycles. The van der Waals surface area contributed by atoms with Crippen molar-refractivity contribution in [3.63, 3.8) is 0 Å². The Bertz CT molecular complexity index is 1570. The lowest BCUT2D eigenvalue weighted by atomic mass is 10.1. The van der Waals surface area contributed by atoms with Crippen LogP contribution in [0.25, 0.3) is 27.0 Å². The highest BCUT2D eigenvalue weighted by Crippen LogP contribution is 2.33. The van der Waals surface area contributed by atoms with Gasteiger partial charge in [0.25, 0.3) is 5.56 Å². The van der Waals surface area contributed by atoms with Gasteiger partial charge in [-0.2, -0.15) is 0 Å². The number of benzene rings is 3. The van der Waals surface area contributed by atoms with E-state index in [0.29, 0.717) is 36.8 Å². The lowest BCUT2D eigenvalue weighted by Gasteiger charge is -2.13. The third-order valence-electron chi connectivity index (χ3n) is 5.24. The Labute approximate surface area is 219 Å². The number of halogens is 2. The van der Waals surface area contributed by atoms with Gasteiger partial charge in [0.05, 0.1) is 32.6 Å². The van der Waals surface area contributed by atoms with Gasteiger partial charge in [-0.25, -0.2) is 4.98 Å². The fraction of sp³-hybridized carbons (Fsp3) is 0.0385. The van der Waals surface area contributed by atoms with Crippen molar-refractivity contribution >= 4 is 68.1 Å². The van der Waals surface area contributed by atoms with Crippen molar-refractivity contribution in [2.45, 2.75) is 5.16 Å². The molecule has 0 unspecified atom stereocenters. The second kappa shape index (κ2) is 10.3. The number of carbonyl (C=O) groups excluding carboxylic acids is 1. The van der Waals surface area contributed by atoms with E-state index in [1.807, 2.05) is 66.0 Å². The standard InChI is InChI=1S/C26H17Cl2N3O2S2/c27-19-12-7-13-20(28)23(19)29-21(32)15-35-26-30-24-22(18(14-34-24)16-8-3-1-4-9-16)25(33)31(26)17-10-5-2-6-11-17/h1-14H,15H2,(H,29,32). The van der Waals surface area contributed by atoms with E-state index in [1.165, 1.54) is 23.1 Å². The lowest BCUT2D eigenvalue weighted by Crippen LogP contribution is -2.22. The van der Waals surface area contributed by atoms with Crippen LogP contribution < -0.4 is 10.9 Å². The Morgan fingerprint density at radius 2 is 1.60 bits per heavy atom. The third-order valence-corrected chi connectivity index (χ3v) is 7.68. The maximum Gasteiger partial charge on any atom is 0.268 e. The fourth-order valence-corrected chi connectivity index (χ4v) is 5.92. The van der Waals surface area contributed by atoms with Crippen LogP contribution in [0.1, 0.15) is 0 Å². The highest BCUT2D eigenvalue weighted by molar-refractivity contribution is 7.99. The Hall–Kier alpha value is -3.10. The SMILES string of the molecule is O=C(CSc1nc2scc(-c3ccccc3)c2c(=O)n1-c1ccccc1)Nc1c(Cl)cccc1Cl. The van der Waals surface area contributed by atoms with E-state index in [1.54, 1.807) is 22.8 Å². The van der Waals surface area contributed by atoms with Crippen molar-refractivity contribution in [3.8, 4) is 16.8 Å². The van der Waals surface area contributed by atoms with Crippen LogP contribution in [0.2, 0.25) is 10.0 Å². The first-order chi connectivity index (χ1) is 17.0. The summed E-state index contributed by atoms with van der Waals surface area (Å²) in [6, 6.07) is 24.1. The number of fused-ring (bicyclic) bond motifs is 1. The molecular formula is C26H17Cl2N3O2S2. The zero-order valence-corrected chi connectivity index (χ0v) is 21.2. The van der Waals surface area contributed by atoms with Gasteiger partial charge in [0, 0.05) is 10.9 Å². The second-order valence-corrected chi connectivity index (χ2v) is 10.1. The molecule has 3 aromatic carbocycles. The van der Waals surface area contributed by atoms with Crippen molar-refractivity contribution in [2.24, 2.45) is 0 Å². The van der Waals surface area contributed by atoms with E-state index in [2.05, 4.69) is 5.32 Å². The number of para-hydroxylation sites is 2. The molecular weight excluding hydrogens is 521 g/mol. The summed E-state index contributed by atoms with van der Waals surface area (Å²) in [4.78, 5) is 31.9. The molecule has 0 radical (unpaired) electrons. The molecule has 5 nitrogen and oxygen atoms in total. The Kier molecular flexibility index (Phi) is 6.92. The van der Waals surface area contributed by atoms with Gasteiger partial charge in [0.1, 0.15) is 4.83 Å². The maximum atomic E-state index is 13.8. The van der Waals surface area contributed by atoms with Crippen molar-refractivity contribution < 1.29 is 4.79 Å². The molecule has 1 amide bonds. The van der Waals surface area contributed by atoms with Crippen molar-refractivity contribution in [3.05, 3.63) is 105 Å². The molecule has 35 heavy (non-hydrogen) atoms. The predicted octanol–water partition coefficient (Wildman–Crippen LogP) is 7.15. The summed E-state index contributed by atoms with van der Waals surface area (Å²) in [6.07, 6.45) is 0. The largest absolute Gasteiger partial charge is 0.323 e. The summed E-state index contributed by atoms with van der Waals surface area (Å²) in [7, 11) is 0. The lowest BCUT2D eigenvalue weighted by molar-refractivity contribution is -0.113. The predicted molar refractivity (Wildman–Crippen MR) is 146 cm³/mol. The number of hydrogen-bond acceptors (Lipinski definition) is 5. The summed E-state index contributed by atoms with van der Waals surface area (Å²) in [5.74, 6) is -0.293. The average molecular weight is 538 g/mol. The number of nitrogens with one attached hydrogen (secondary N) is 1. The number of carbonyl (C=O) groups is 1. The zero-order valence-electron chi connectivity index (χ0n) is 18.1. The maximum absolute atomic E-state index is 13.8. The van der Waals surface area contributed by atoms with Gasteiger partial charge in [0.2, 0.25) is 5.91 Å². The highest BCUT2D eigenvalue weighted by atomic mass is 35.5. The molecule has 0 fully saturated rings. The molecule has 5 aromatic rings. The summed E-state index contributed by atoms with van der Waals surface area (Å²) in [5, 5.41) is 6.38. The number of thiophene rings is 1. The molecule has 0 bridgehead atoms. The Morgan fingerprint density at radius 3 is 2.29 bits per heavy atom. The number of aromatic nitrogens is 2. The number of thioether (sulfide) groups is 1. The molecule has 1 N–H and O–H groups in total. The molecule has 0 aliphatic heterocycles. The molecule has 0 atom stereocenters. The van der Waals surface area contributed by atoms with Crippen LogP contribution in [0, 0.1) is 0 Å². The molecule has 0 spiro atoms. The fourth-order valence-electron chi connectivity index (χ4n) is 3.63. The molecule has 0 aliphatic rings. The Morgan fingerprint density at radius 1 is 0.943 bits per heavy atom. The van der Waals surface area contributed by atoms with Gasteiger partial charge < -0.3 is 5.32 Å². The monoisotopic (exact) mass is 537 g/mol. The van der Waals surface area contributed by atoms with Crippen molar-refractivity contribution in [2.75, 3.05) is 11.1 Å². The van der Waals surface area contributed by atoms with Gasteiger partial charge in [-0.1, -0.05) is 89.6 Å². The van der Waals surface area contributed by atoms with Gasteiger partial charge in [-0.3, -0.25) is 14.2 Å². The summed E-state index contributed by atoms with van der Waals surface area (Å²) in [6.45, 7) is 0. The minimum Gasteiger partial charge on any atom is -0.323 e. The molecule has 0 aliphatic carbocycles. The zero-order chi connectivity index (χ0) is 24.4.